The number of halogens is 1. The summed E-state index contributed by atoms with van der Waals surface area (Å²) >= 11 is 6.20. The van der Waals surface area contributed by atoms with Gasteiger partial charge in [0.2, 0.25) is 0 Å². The number of carbonyl (C=O) groups is 1. The van der Waals surface area contributed by atoms with Gasteiger partial charge >= 0.3 is 5.97 Å². The predicted octanol–water partition coefficient (Wildman–Crippen LogP) is 3.34. The zero-order chi connectivity index (χ0) is 15.0. The summed E-state index contributed by atoms with van der Waals surface area (Å²) in [5, 5.41) is 3.92. The Morgan fingerprint density at radius 2 is 2.20 bits per heavy atom. The smallest absolute Gasteiger partial charge is 0.305 e. The van der Waals surface area contributed by atoms with Crippen LogP contribution in [-0.4, -0.2) is 26.2 Å². The molecule has 4 nitrogen and oxygen atoms in total. The topological polar surface area (TPSA) is 47.6 Å². The Bertz CT molecular complexity index is 437. The van der Waals surface area contributed by atoms with Crippen LogP contribution in [0, 0.1) is 0 Å². The maximum atomic E-state index is 11.0. The highest BCUT2D eigenvalue weighted by atomic mass is 35.5. The molecule has 0 saturated heterocycles. The number of rotatable bonds is 8. The normalized spacial score (nSPS) is 12.0. The van der Waals surface area contributed by atoms with Crippen molar-refractivity contribution in [2.75, 3.05) is 20.3 Å². The van der Waals surface area contributed by atoms with Crippen molar-refractivity contribution in [3.63, 3.8) is 0 Å². The quantitative estimate of drug-likeness (QED) is 0.591. The van der Waals surface area contributed by atoms with Gasteiger partial charge in [-0.3, -0.25) is 4.79 Å². The number of nitrogens with one attached hydrogen (secondary N) is 1. The number of methoxy groups -OCH3 is 1. The molecule has 0 bridgehead atoms. The Kier molecular flexibility index (Phi) is 7.41. The fourth-order valence-electron chi connectivity index (χ4n) is 1.83. The molecule has 1 rings (SSSR count). The van der Waals surface area contributed by atoms with Crippen molar-refractivity contribution < 1.29 is 14.3 Å². The summed E-state index contributed by atoms with van der Waals surface area (Å²) in [6.45, 7) is 5.50. The largest absolute Gasteiger partial charge is 0.492 e. The minimum atomic E-state index is -0.227. The van der Waals surface area contributed by atoms with E-state index in [0.717, 1.165) is 12.1 Å². The molecule has 0 heterocycles. The van der Waals surface area contributed by atoms with Crippen LogP contribution < -0.4 is 10.1 Å². The minimum absolute atomic E-state index is 0.227. The van der Waals surface area contributed by atoms with E-state index in [4.69, 9.17) is 16.3 Å². The average molecular weight is 300 g/mol. The highest BCUT2D eigenvalue weighted by Gasteiger charge is 2.08. The van der Waals surface area contributed by atoms with Gasteiger partial charge in [0.1, 0.15) is 5.75 Å². The number of ether oxygens (including phenoxy) is 2. The van der Waals surface area contributed by atoms with Gasteiger partial charge in [-0.05, 0) is 37.6 Å². The van der Waals surface area contributed by atoms with Crippen LogP contribution in [0.2, 0.25) is 5.02 Å². The lowest BCUT2D eigenvalue weighted by Crippen LogP contribution is -2.17. The first-order chi connectivity index (χ1) is 9.58. The molecule has 0 aliphatic heterocycles. The van der Waals surface area contributed by atoms with Crippen molar-refractivity contribution in [1.29, 1.82) is 0 Å². The Hall–Kier alpha value is -1.26. The van der Waals surface area contributed by atoms with Crippen LogP contribution in [-0.2, 0) is 9.53 Å². The third-order valence-electron chi connectivity index (χ3n) is 2.98. The van der Waals surface area contributed by atoms with E-state index in [0.29, 0.717) is 30.2 Å². The SMILES string of the molecule is CCNC(C)c1ccc(OCCCC(=O)OC)c(Cl)c1. The van der Waals surface area contributed by atoms with E-state index < -0.39 is 0 Å². The molecule has 0 aromatic heterocycles. The van der Waals surface area contributed by atoms with Crippen LogP contribution in [0.25, 0.3) is 0 Å². The molecule has 0 saturated carbocycles. The molecular formula is C15H22ClNO3. The van der Waals surface area contributed by atoms with E-state index in [9.17, 15) is 4.79 Å². The molecule has 1 N–H and O–H groups in total. The van der Waals surface area contributed by atoms with Gasteiger partial charge in [0.05, 0.1) is 18.7 Å². The van der Waals surface area contributed by atoms with Crippen molar-refractivity contribution in [1.82, 2.24) is 5.32 Å². The summed E-state index contributed by atoms with van der Waals surface area (Å²) in [5.74, 6) is 0.415. The maximum absolute atomic E-state index is 11.0. The van der Waals surface area contributed by atoms with Crippen LogP contribution >= 0.6 is 11.6 Å². The fourth-order valence-corrected chi connectivity index (χ4v) is 2.07. The van der Waals surface area contributed by atoms with Crippen LogP contribution in [0.15, 0.2) is 18.2 Å². The van der Waals surface area contributed by atoms with Crippen molar-refractivity contribution in [3.8, 4) is 5.75 Å². The third-order valence-corrected chi connectivity index (χ3v) is 3.27. The second kappa shape index (κ2) is 8.82. The molecule has 5 heteroatoms. The molecule has 20 heavy (non-hydrogen) atoms. The molecule has 0 spiro atoms. The summed E-state index contributed by atoms with van der Waals surface area (Å²) in [5.41, 5.74) is 1.12. The summed E-state index contributed by atoms with van der Waals surface area (Å²) in [6.07, 6.45) is 0.961. The van der Waals surface area contributed by atoms with Crippen molar-refractivity contribution in [3.05, 3.63) is 28.8 Å². The van der Waals surface area contributed by atoms with Gasteiger partial charge in [0, 0.05) is 12.5 Å². The Labute approximate surface area is 125 Å². The van der Waals surface area contributed by atoms with E-state index >= 15 is 0 Å². The molecule has 0 fully saturated rings. The number of hydrogen-bond acceptors (Lipinski definition) is 4. The first-order valence-electron chi connectivity index (χ1n) is 6.81. The van der Waals surface area contributed by atoms with Gasteiger partial charge < -0.3 is 14.8 Å². The van der Waals surface area contributed by atoms with Crippen LogP contribution in [0.5, 0.6) is 5.75 Å². The summed E-state index contributed by atoms with van der Waals surface area (Å²) in [7, 11) is 1.38. The maximum Gasteiger partial charge on any atom is 0.305 e. The second-order valence-corrected chi connectivity index (χ2v) is 4.90. The second-order valence-electron chi connectivity index (χ2n) is 4.50. The monoisotopic (exact) mass is 299 g/mol. The number of carbonyl (C=O) groups excluding carboxylic acids is 1. The Morgan fingerprint density at radius 3 is 2.80 bits per heavy atom. The lowest BCUT2D eigenvalue weighted by molar-refractivity contribution is -0.140. The molecule has 0 aliphatic rings. The molecule has 1 aromatic carbocycles. The molecular weight excluding hydrogens is 278 g/mol. The van der Waals surface area contributed by atoms with Crippen molar-refractivity contribution in [2.24, 2.45) is 0 Å². The molecule has 0 amide bonds. The van der Waals surface area contributed by atoms with Crippen molar-refractivity contribution in [2.45, 2.75) is 32.7 Å². The van der Waals surface area contributed by atoms with Gasteiger partial charge in [-0.15, -0.1) is 0 Å². The zero-order valence-corrected chi connectivity index (χ0v) is 13.0. The van der Waals surface area contributed by atoms with E-state index in [2.05, 4.69) is 23.9 Å². The van der Waals surface area contributed by atoms with Gasteiger partial charge in [-0.1, -0.05) is 24.6 Å². The number of hydrogen-bond donors (Lipinski definition) is 1. The molecule has 1 unspecified atom stereocenters. The van der Waals surface area contributed by atoms with E-state index in [1.807, 2.05) is 18.2 Å². The minimum Gasteiger partial charge on any atom is -0.492 e. The van der Waals surface area contributed by atoms with E-state index in [1.165, 1.54) is 7.11 Å². The summed E-state index contributed by atoms with van der Waals surface area (Å²) in [6, 6.07) is 6.02. The van der Waals surface area contributed by atoms with E-state index in [1.54, 1.807) is 0 Å². The average Bonchev–Trinajstić information content (AvgIpc) is 2.44. The standard InChI is InChI=1S/C15H22ClNO3/c1-4-17-11(2)12-7-8-14(13(16)10-12)20-9-5-6-15(18)19-3/h7-8,10-11,17H,4-6,9H2,1-3H3. The van der Waals surface area contributed by atoms with Crippen LogP contribution in [0.3, 0.4) is 0 Å². The van der Waals surface area contributed by atoms with Crippen molar-refractivity contribution >= 4 is 17.6 Å². The summed E-state index contributed by atoms with van der Waals surface area (Å²) in [4.78, 5) is 11.0. The lowest BCUT2D eigenvalue weighted by atomic mass is 10.1. The predicted molar refractivity (Wildman–Crippen MR) is 80.3 cm³/mol. The van der Waals surface area contributed by atoms with Crippen LogP contribution in [0.4, 0.5) is 0 Å². The first kappa shape index (κ1) is 16.8. The Morgan fingerprint density at radius 1 is 1.45 bits per heavy atom. The lowest BCUT2D eigenvalue weighted by Gasteiger charge is -2.14. The van der Waals surface area contributed by atoms with Gasteiger partial charge in [-0.25, -0.2) is 0 Å². The molecule has 0 aliphatic carbocycles. The van der Waals surface area contributed by atoms with E-state index in [-0.39, 0.29) is 12.0 Å². The molecule has 1 atom stereocenters. The highest BCUT2D eigenvalue weighted by Crippen LogP contribution is 2.28. The first-order valence-corrected chi connectivity index (χ1v) is 7.18. The number of benzene rings is 1. The fraction of sp³-hybridized carbons (Fsp3) is 0.533. The molecule has 0 radical (unpaired) electrons. The third kappa shape index (κ3) is 5.39. The molecule has 1 aromatic rings. The van der Waals surface area contributed by atoms with Gasteiger partial charge in [0.15, 0.2) is 0 Å². The zero-order valence-electron chi connectivity index (χ0n) is 12.2. The molecule has 112 valence electrons. The van der Waals surface area contributed by atoms with Gasteiger partial charge in [-0.2, -0.15) is 0 Å². The van der Waals surface area contributed by atoms with Gasteiger partial charge in [0.25, 0.3) is 0 Å². The van der Waals surface area contributed by atoms with Crippen LogP contribution in [0.1, 0.15) is 38.3 Å². The highest BCUT2D eigenvalue weighted by molar-refractivity contribution is 6.32. The number of esters is 1. The summed E-state index contributed by atoms with van der Waals surface area (Å²) < 4.78 is 10.1. The Balaban J connectivity index is 2.49.